The first-order chi connectivity index (χ1) is 9.79. The van der Waals surface area contributed by atoms with Crippen molar-refractivity contribution in [2.45, 2.75) is 0 Å². The van der Waals surface area contributed by atoms with Gasteiger partial charge in [-0.05, 0) is 23.8 Å². The first kappa shape index (κ1) is 12.3. The van der Waals surface area contributed by atoms with Crippen LogP contribution in [0.25, 0.3) is 22.4 Å². The minimum absolute atomic E-state index is 0.723. The number of aromatic amines is 1. The van der Waals surface area contributed by atoms with Gasteiger partial charge in [0, 0.05) is 16.8 Å². The predicted octanol–water partition coefficient (Wildman–Crippen LogP) is 3.33. The first-order valence-corrected chi connectivity index (χ1v) is 6.32. The molecule has 3 rings (SSSR count). The van der Waals surface area contributed by atoms with E-state index in [1.54, 1.807) is 13.3 Å². The average molecular weight is 265 g/mol. The van der Waals surface area contributed by atoms with Crippen molar-refractivity contribution >= 4 is 5.69 Å². The van der Waals surface area contributed by atoms with Crippen molar-refractivity contribution in [3.05, 3.63) is 54.7 Å². The fourth-order valence-electron chi connectivity index (χ4n) is 2.23. The minimum atomic E-state index is 0.723. The predicted molar refractivity (Wildman–Crippen MR) is 80.4 cm³/mol. The lowest BCUT2D eigenvalue weighted by atomic mass is 10.0. The van der Waals surface area contributed by atoms with E-state index in [1.165, 1.54) is 0 Å². The second-order valence-corrected chi connectivity index (χ2v) is 4.48. The molecular formula is C16H15N3O. The largest absolute Gasteiger partial charge is 0.497 e. The molecule has 0 aliphatic heterocycles. The third-order valence-electron chi connectivity index (χ3n) is 3.25. The number of para-hydroxylation sites is 1. The highest BCUT2D eigenvalue weighted by Crippen LogP contribution is 2.34. The van der Waals surface area contributed by atoms with E-state index in [1.807, 2.05) is 48.5 Å². The summed E-state index contributed by atoms with van der Waals surface area (Å²) in [5.74, 6) is 0.815. The number of nitrogens with zero attached hydrogens (tertiary/aromatic N) is 1. The van der Waals surface area contributed by atoms with Crippen molar-refractivity contribution in [2.24, 2.45) is 0 Å². The maximum absolute atomic E-state index is 6.04. The summed E-state index contributed by atoms with van der Waals surface area (Å²) >= 11 is 0. The third-order valence-corrected chi connectivity index (χ3v) is 3.25. The van der Waals surface area contributed by atoms with E-state index in [-0.39, 0.29) is 0 Å². The number of H-pyrrole nitrogens is 1. The molecule has 3 aromatic rings. The lowest BCUT2D eigenvalue weighted by Crippen LogP contribution is -1.91. The summed E-state index contributed by atoms with van der Waals surface area (Å²) in [5, 5.41) is 7.18. The summed E-state index contributed by atoms with van der Waals surface area (Å²) in [7, 11) is 1.66. The van der Waals surface area contributed by atoms with Gasteiger partial charge in [-0.1, -0.05) is 30.3 Å². The summed E-state index contributed by atoms with van der Waals surface area (Å²) in [6.07, 6.45) is 1.80. The van der Waals surface area contributed by atoms with Crippen LogP contribution in [-0.4, -0.2) is 17.3 Å². The van der Waals surface area contributed by atoms with Crippen LogP contribution in [-0.2, 0) is 0 Å². The van der Waals surface area contributed by atoms with Crippen LogP contribution in [0, 0.1) is 0 Å². The first-order valence-electron chi connectivity index (χ1n) is 6.32. The Morgan fingerprint density at radius 1 is 1.05 bits per heavy atom. The van der Waals surface area contributed by atoms with E-state index in [9.17, 15) is 0 Å². The summed E-state index contributed by atoms with van der Waals surface area (Å²) in [6.45, 7) is 0. The average Bonchev–Trinajstić information content (AvgIpc) is 2.97. The normalized spacial score (nSPS) is 10.4. The fraction of sp³-hybridized carbons (Fsp3) is 0.0625. The van der Waals surface area contributed by atoms with Gasteiger partial charge in [0.2, 0.25) is 0 Å². The molecule has 0 aliphatic carbocycles. The SMILES string of the molecule is COc1cccc(-c2cn[nH]c2-c2ccccc2N)c1. The van der Waals surface area contributed by atoms with Gasteiger partial charge in [-0.3, -0.25) is 5.10 Å². The van der Waals surface area contributed by atoms with Crippen LogP contribution < -0.4 is 10.5 Å². The van der Waals surface area contributed by atoms with E-state index in [0.717, 1.165) is 33.8 Å². The number of benzene rings is 2. The molecule has 0 aliphatic rings. The molecule has 100 valence electrons. The zero-order valence-electron chi connectivity index (χ0n) is 11.1. The van der Waals surface area contributed by atoms with Crippen LogP contribution >= 0.6 is 0 Å². The van der Waals surface area contributed by atoms with Gasteiger partial charge in [-0.2, -0.15) is 5.10 Å². The second-order valence-electron chi connectivity index (χ2n) is 4.48. The Hall–Kier alpha value is -2.75. The molecule has 20 heavy (non-hydrogen) atoms. The van der Waals surface area contributed by atoms with Crippen molar-refractivity contribution in [1.29, 1.82) is 0 Å². The molecule has 0 fully saturated rings. The number of ether oxygens (including phenoxy) is 1. The molecule has 1 heterocycles. The molecule has 0 atom stereocenters. The number of hydrogen-bond donors (Lipinski definition) is 2. The van der Waals surface area contributed by atoms with Gasteiger partial charge < -0.3 is 10.5 Å². The highest BCUT2D eigenvalue weighted by atomic mass is 16.5. The van der Waals surface area contributed by atoms with Crippen molar-refractivity contribution in [3.8, 4) is 28.1 Å². The van der Waals surface area contributed by atoms with Gasteiger partial charge >= 0.3 is 0 Å². The number of rotatable bonds is 3. The van der Waals surface area contributed by atoms with Gasteiger partial charge in [0.15, 0.2) is 0 Å². The van der Waals surface area contributed by atoms with Crippen molar-refractivity contribution in [2.75, 3.05) is 12.8 Å². The zero-order valence-corrected chi connectivity index (χ0v) is 11.1. The van der Waals surface area contributed by atoms with Crippen LogP contribution in [0.1, 0.15) is 0 Å². The maximum Gasteiger partial charge on any atom is 0.119 e. The highest BCUT2D eigenvalue weighted by molar-refractivity contribution is 5.86. The van der Waals surface area contributed by atoms with Gasteiger partial charge in [0.1, 0.15) is 5.75 Å². The molecule has 4 nitrogen and oxygen atoms in total. The molecule has 0 radical (unpaired) electrons. The van der Waals surface area contributed by atoms with Crippen LogP contribution in [0.5, 0.6) is 5.75 Å². The van der Waals surface area contributed by atoms with E-state index in [4.69, 9.17) is 10.5 Å². The molecule has 2 aromatic carbocycles. The van der Waals surface area contributed by atoms with E-state index < -0.39 is 0 Å². The molecule has 0 saturated heterocycles. The van der Waals surface area contributed by atoms with E-state index in [0.29, 0.717) is 0 Å². The Kier molecular flexibility index (Phi) is 3.13. The van der Waals surface area contributed by atoms with Crippen LogP contribution in [0.4, 0.5) is 5.69 Å². The van der Waals surface area contributed by atoms with E-state index in [2.05, 4.69) is 10.2 Å². The summed E-state index contributed by atoms with van der Waals surface area (Å²) in [4.78, 5) is 0. The van der Waals surface area contributed by atoms with Gasteiger partial charge in [-0.25, -0.2) is 0 Å². The molecule has 0 spiro atoms. The molecule has 0 bridgehead atoms. The second kappa shape index (κ2) is 5.09. The number of hydrogen-bond acceptors (Lipinski definition) is 3. The molecule has 0 saturated carbocycles. The Balaban J connectivity index is 2.13. The molecule has 0 unspecified atom stereocenters. The number of nitrogens with one attached hydrogen (secondary N) is 1. The maximum atomic E-state index is 6.04. The number of nitrogen functional groups attached to an aromatic ring is 1. The van der Waals surface area contributed by atoms with Gasteiger partial charge in [0.25, 0.3) is 0 Å². The molecular weight excluding hydrogens is 250 g/mol. The molecule has 3 N–H and O–H groups in total. The minimum Gasteiger partial charge on any atom is -0.497 e. The quantitative estimate of drug-likeness (QED) is 0.714. The van der Waals surface area contributed by atoms with Gasteiger partial charge in [-0.15, -0.1) is 0 Å². The van der Waals surface area contributed by atoms with Crippen LogP contribution in [0.15, 0.2) is 54.7 Å². The summed E-state index contributed by atoms with van der Waals surface area (Å²) in [5.41, 5.74) is 10.7. The van der Waals surface area contributed by atoms with Crippen molar-refractivity contribution < 1.29 is 4.74 Å². The Morgan fingerprint density at radius 3 is 2.70 bits per heavy atom. The number of aromatic nitrogens is 2. The number of methoxy groups -OCH3 is 1. The summed E-state index contributed by atoms with van der Waals surface area (Å²) < 4.78 is 5.27. The highest BCUT2D eigenvalue weighted by Gasteiger charge is 2.12. The Labute approximate surface area is 117 Å². The number of anilines is 1. The smallest absolute Gasteiger partial charge is 0.119 e. The topological polar surface area (TPSA) is 63.9 Å². The fourth-order valence-corrected chi connectivity index (χ4v) is 2.23. The molecule has 1 aromatic heterocycles. The monoisotopic (exact) mass is 265 g/mol. The van der Waals surface area contributed by atoms with Crippen molar-refractivity contribution in [1.82, 2.24) is 10.2 Å². The molecule has 4 heteroatoms. The Bertz CT molecular complexity index is 734. The van der Waals surface area contributed by atoms with Crippen LogP contribution in [0.2, 0.25) is 0 Å². The summed E-state index contributed by atoms with van der Waals surface area (Å²) in [6, 6.07) is 15.6. The van der Waals surface area contributed by atoms with Gasteiger partial charge in [0.05, 0.1) is 19.0 Å². The standard InChI is InChI=1S/C16H15N3O/c1-20-12-6-4-5-11(9-12)14-10-18-19-16(14)13-7-2-3-8-15(13)17/h2-10H,17H2,1H3,(H,18,19). The lowest BCUT2D eigenvalue weighted by Gasteiger charge is -2.07. The van der Waals surface area contributed by atoms with Crippen LogP contribution in [0.3, 0.4) is 0 Å². The zero-order chi connectivity index (χ0) is 13.9. The lowest BCUT2D eigenvalue weighted by molar-refractivity contribution is 0.415. The van der Waals surface area contributed by atoms with Crippen molar-refractivity contribution in [3.63, 3.8) is 0 Å². The van der Waals surface area contributed by atoms with E-state index >= 15 is 0 Å². The molecule has 0 amide bonds. The Morgan fingerprint density at radius 2 is 1.90 bits per heavy atom. The third kappa shape index (κ3) is 2.12. The number of nitrogens with two attached hydrogens (primary N) is 1.